The number of anilines is 2. The van der Waals surface area contributed by atoms with E-state index in [0.717, 1.165) is 5.56 Å². The zero-order chi connectivity index (χ0) is 22.8. The summed E-state index contributed by atoms with van der Waals surface area (Å²) in [7, 11) is 0. The zero-order valence-corrected chi connectivity index (χ0v) is 17.2. The van der Waals surface area contributed by atoms with Crippen LogP contribution in [0, 0.1) is 0 Å². The van der Waals surface area contributed by atoms with Gasteiger partial charge in [0.15, 0.2) is 17.8 Å². The number of hydrogen-bond acceptors (Lipinski definition) is 7. The Balaban J connectivity index is 1.27. The van der Waals surface area contributed by atoms with Gasteiger partial charge in [0.05, 0.1) is 12.1 Å². The predicted molar refractivity (Wildman–Crippen MR) is 118 cm³/mol. The minimum absolute atomic E-state index is 0.00308. The van der Waals surface area contributed by atoms with Crippen LogP contribution in [0.5, 0.6) is 11.8 Å². The Labute approximate surface area is 186 Å². The number of ether oxygens (including phenoxy) is 2. The van der Waals surface area contributed by atoms with Gasteiger partial charge in [0.2, 0.25) is 11.9 Å². The first kappa shape index (κ1) is 20.2. The first-order valence-corrected chi connectivity index (χ1v) is 10.1. The Morgan fingerprint density at radius 2 is 1.91 bits per heavy atom. The molecule has 0 fully saturated rings. The van der Waals surface area contributed by atoms with Crippen LogP contribution in [0.1, 0.15) is 11.1 Å². The minimum Gasteiger partial charge on any atom is -0.482 e. The Bertz CT molecular complexity index is 1410. The normalized spacial score (nSPS) is 12.5. The van der Waals surface area contributed by atoms with Gasteiger partial charge in [-0.25, -0.2) is 0 Å². The van der Waals surface area contributed by atoms with Crippen molar-refractivity contribution in [3.05, 3.63) is 70.0 Å². The molecule has 0 atom stereocenters. The number of H-pyrrole nitrogens is 2. The van der Waals surface area contributed by atoms with Gasteiger partial charge in [-0.15, -0.1) is 0 Å². The highest BCUT2D eigenvalue weighted by atomic mass is 16.5. The second-order valence-corrected chi connectivity index (χ2v) is 7.32. The van der Waals surface area contributed by atoms with E-state index < -0.39 is 11.5 Å². The first-order chi connectivity index (χ1) is 16.0. The topological polar surface area (TPSA) is 151 Å². The second-order valence-electron chi connectivity index (χ2n) is 7.32. The summed E-state index contributed by atoms with van der Waals surface area (Å²) in [4.78, 5) is 50.0. The number of hydrogen-bond donors (Lipinski definition) is 4. The molecule has 0 unspecified atom stereocenters. The summed E-state index contributed by atoms with van der Waals surface area (Å²) in [5.74, 6) is -0.158. The highest BCUT2D eigenvalue weighted by molar-refractivity contribution is 5.96. The van der Waals surface area contributed by atoms with Gasteiger partial charge in [-0.1, -0.05) is 36.4 Å². The lowest BCUT2D eigenvalue weighted by Gasteiger charge is -2.18. The van der Waals surface area contributed by atoms with Crippen molar-refractivity contribution in [1.82, 2.24) is 19.9 Å². The van der Waals surface area contributed by atoms with E-state index in [1.165, 1.54) is 0 Å². The number of rotatable bonds is 6. The fourth-order valence-corrected chi connectivity index (χ4v) is 3.34. The highest BCUT2D eigenvalue weighted by Gasteiger charge is 2.17. The lowest BCUT2D eigenvalue weighted by molar-refractivity contribution is -0.118. The van der Waals surface area contributed by atoms with Crippen molar-refractivity contribution in [2.24, 2.45) is 0 Å². The first-order valence-electron chi connectivity index (χ1n) is 10.1. The van der Waals surface area contributed by atoms with E-state index in [-0.39, 0.29) is 48.7 Å². The van der Waals surface area contributed by atoms with Crippen LogP contribution in [0.2, 0.25) is 0 Å². The molecule has 33 heavy (non-hydrogen) atoms. The number of nitrogens with zero attached hydrogens (tertiary/aromatic N) is 2. The second kappa shape index (κ2) is 8.46. The molecule has 0 aliphatic carbocycles. The van der Waals surface area contributed by atoms with Crippen molar-refractivity contribution >= 4 is 34.6 Å². The number of carbonyl (C=O) groups is 2. The fraction of sp³-hybridized carbons (Fsp3) is 0.136. The number of aromatic amines is 2. The number of aromatic nitrogens is 4. The van der Waals surface area contributed by atoms with Crippen molar-refractivity contribution in [3.63, 3.8) is 0 Å². The number of imidazole rings is 1. The van der Waals surface area contributed by atoms with Crippen molar-refractivity contribution < 1.29 is 19.1 Å². The fourth-order valence-electron chi connectivity index (χ4n) is 3.34. The van der Waals surface area contributed by atoms with E-state index in [1.807, 2.05) is 30.3 Å². The molecule has 0 saturated heterocycles. The van der Waals surface area contributed by atoms with Gasteiger partial charge in [0, 0.05) is 0 Å². The molecule has 3 heterocycles. The highest BCUT2D eigenvalue weighted by Crippen LogP contribution is 2.28. The average molecular weight is 446 g/mol. The predicted octanol–water partition coefficient (Wildman–Crippen LogP) is 1.74. The van der Waals surface area contributed by atoms with E-state index in [9.17, 15) is 14.4 Å². The molecular formula is C22H18N6O5. The van der Waals surface area contributed by atoms with Gasteiger partial charge < -0.3 is 19.8 Å². The van der Waals surface area contributed by atoms with E-state index in [2.05, 4.69) is 30.6 Å². The standard InChI is InChI=1S/C22H18N6O5/c29-16(9-13-6-7-15-14(8-13)23-17(30)11-32-15)24-21-26-19-18(20(31)28-21)25-22(27-19)33-10-12-4-2-1-3-5-12/h1-8H,9-11H2,(H,23,30)(H3,24,25,26,27,28,29,31). The summed E-state index contributed by atoms with van der Waals surface area (Å²) in [6.45, 7) is 0.231. The monoisotopic (exact) mass is 446 g/mol. The molecule has 0 saturated carbocycles. The molecule has 166 valence electrons. The molecule has 4 N–H and O–H groups in total. The molecule has 2 aromatic carbocycles. The summed E-state index contributed by atoms with van der Waals surface area (Å²) in [5, 5.41) is 5.26. The van der Waals surface area contributed by atoms with E-state index in [1.54, 1.807) is 18.2 Å². The van der Waals surface area contributed by atoms with Crippen LogP contribution in [0.25, 0.3) is 11.2 Å². The largest absolute Gasteiger partial charge is 0.482 e. The van der Waals surface area contributed by atoms with Gasteiger partial charge >= 0.3 is 0 Å². The Morgan fingerprint density at radius 1 is 1.06 bits per heavy atom. The van der Waals surface area contributed by atoms with Crippen LogP contribution in [0.4, 0.5) is 11.6 Å². The van der Waals surface area contributed by atoms with Crippen LogP contribution in [0.3, 0.4) is 0 Å². The molecule has 0 radical (unpaired) electrons. The lowest BCUT2D eigenvalue weighted by atomic mass is 10.1. The molecule has 0 bridgehead atoms. The van der Waals surface area contributed by atoms with Crippen LogP contribution in [0.15, 0.2) is 53.3 Å². The molecular weight excluding hydrogens is 428 g/mol. The Kier molecular flexibility index (Phi) is 5.19. The molecule has 1 aliphatic rings. The summed E-state index contributed by atoms with van der Waals surface area (Å²) in [6.07, 6.45) is -0.00308. The minimum atomic E-state index is -0.494. The third-order valence-electron chi connectivity index (χ3n) is 4.86. The Hall–Kier alpha value is -4.67. The molecule has 2 amide bonds. The maximum Gasteiger partial charge on any atom is 0.296 e. The van der Waals surface area contributed by atoms with Crippen molar-refractivity contribution in [2.75, 3.05) is 17.2 Å². The Morgan fingerprint density at radius 3 is 2.76 bits per heavy atom. The quantitative estimate of drug-likeness (QED) is 0.352. The van der Waals surface area contributed by atoms with Gasteiger partial charge in [-0.3, -0.25) is 24.7 Å². The third kappa shape index (κ3) is 4.51. The van der Waals surface area contributed by atoms with Crippen molar-refractivity contribution in [2.45, 2.75) is 13.0 Å². The summed E-state index contributed by atoms with van der Waals surface area (Å²) >= 11 is 0. The lowest BCUT2D eigenvalue weighted by Crippen LogP contribution is -2.25. The number of benzene rings is 2. The molecule has 5 rings (SSSR count). The van der Waals surface area contributed by atoms with E-state index in [0.29, 0.717) is 17.0 Å². The molecule has 1 aliphatic heterocycles. The number of nitrogens with one attached hydrogen (secondary N) is 4. The molecule has 11 heteroatoms. The average Bonchev–Trinajstić information content (AvgIpc) is 3.22. The van der Waals surface area contributed by atoms with Crippen LogP contribution in [-0.2, 0) is 22.6 Å². The molecule has 0 spiro atoms. The van der Waals surface area contributed by atoms with Crippen LogP contribution < -0.4 is 25.7 Å². The smallest absolute Gasteiger partial charge is 0.296 e. The summed E-state index contributed by atoms with van der Waals surface area (Å²) in [5.41, 5.74) is 1.86. The molecule has 4 aromatic rings. The molecule has 2 aromatic heterocycles. The summed E-state index contributed by atoms with van der Waals surface area (Å²) in [6, 6.07) is 14.7. The molecule has 11 nitrogen and oxygen atoms in total. The zero-order valence-electron chi connectivity index (χ0n) is 17.2. The third-order valence-corrected chi connectivity index (χ3v) is 4.86. The van der Waals surface area contributed by atoms with Crippen LogP contribution >= 0.6 is 0 Å². The van der Waals surface area contributed by atoms with Crippen molar-refractivity contribution in [1.29, 1.82) is 0 Å². The van der Waals surface area contributed by atoms with Gasteiger partial charge in [0.1, 0.15) is 12.4 Å². The van der Waals surface area contributed by atoms with Crippen LogP contribution in [-0.4, -0.2) is 38.4 Å². The number of fused-ring (bicyclic) bond motifs is 2. The van der Waals surface area contributed by atoms with Crippen molar-refractivity contribution in [3.8, 4) is 11.8 Å². The van der Waals surface area contributed by atoms with Gasteiger partial charge in [0.25, 0.3) is 17.5 Å². The SMILES string of the molecule is O=C(Cc1ccc2c(c1)NC(=O)CO2)Nc1nc2nc(OCc3ccccc3)[nH]c2c(=O)[nH]1. The van der Waals surface area contributed by atoms with Gasteiger partial charge in [-0.2, -0.15) is 9.97 Å². The maximum absolute atomic E-state index is 12.5. The maximum atomic E-state index is 12.5. The van der Waals surface area contributed by atoms with E-state index >= 15 is 0 Å². The number of amides is 2. The van der Waals surface area contributed by atoms with Gasteiger partial charge in [-0.05, 0) is 23.3 Å². The van der Waals surface area contributed by atoms with E-state index in [4.69, 9.17) is 9.47 Å². The number of carbonyl (C=O) groups excluding carboxylic acids is 2. The summed E-state index contributed by atoms with van der Waals surface area (Å²) < 4.78 is 10.9.